The molecule has 0 spiro atoms. The Bertz CT molecular complexity index is 932. The summed E-state index contributed by atoms with van der Waals surface area (Å²) in [5, 5.41) is 3.48. The number of nitrogens with one attached hydrogen (secondary N) is 2. The molecule has 0 fully saturated rings. The fraction of sp³-hybridized carbons (Fsp3) is 0.286. The number of pyridine rings is 1. The molecule has 0 bridgehead atoms. The van der Waals surface area contributed by atoms with Crippen molar-refractivity contribution in [3.63, 3.8) is 0 Å². The highest BCUT2D eigenvalue weighted by Crippen LogP contribution is 2.30. The van der Waals surface area contributed by atoms with Crippen LogP contribution in [-0.2, 0) is 19.5 Å². The number of thiophene rings is 1. The summed E-state index contributed by atoms with van der Waals surface area (Å²) in [6.45, 7) is 5.60. The quantitative estimate of drug-likeness (QED) is 0.600. The molecule has 0 amide bonds. The van der Waals surface area contributed by atoms with Crippen molar-refractivity contribution < 1.29 is 4.74 Å². The molecule has 0 aliphatic heterocycles. The predicted octanol–water partition coefficient (Wildman–Crippen LogP) is 4.69. The Balaban J connectivity index is 0.00000261. The minimum absolute atomic E-state index is 0. The molecule has 27 heavy (non-hydrogen) atoms. The van der Waals surface area contributed by atoms with Crippen LogP contribution in [0.2, 0.25) is 0 Å². The van der Waals surface area contributed by atoms with Gasteiger partial charge in [-0.1, -0.05) is 19.1 Å². The molecule has 1 aromatic carbocycles. The lowest BCUT2D eigenvalue weighted by molar-refractivity contribution is 0.414. The molecule has 0 radical (unpaired) electrons. The van der Waals surface area contributed by atoms with Gasteiger partial charge in [0, 0.05) is 39.7 Å². The second-order valence-corrected chi connectivity index (χ2v) is 7.40. The van der Waals surface area contributed by atoms with Crippen molar-refractivity contribution in [1.29, 1.82) is 0 Å². The van der Waals surface area contributed by atoms with Gasteiger partial charge in [0.05, 0.1) is 7.11 Å². The largest absolute Gasteiger partial charge is 0.497 e. The smallest absolute Gasteiger partial charge is 0.251 e. The summed E-state index contributed by atoms with van der Waals surface area (Å²) in [6.07, 6.45) is 0.740. The third-order valence-electron chi connectivity index (χ3n) is 4.41. The van der Waals surface area contributed by atoms with E-state index in [1.165, 1.54) is 15.3 Å². The summed E-state index contributed by atoms with van der Waals surface area (Å²) in [6, 6.07) is 14.4. The molecule has 0 aliphatic rings. The van der Waals surface area contributed by atoms with Crippen molar-refractivity contribution in [3.05, 3.63) is 74.5 Å². The molecule has 3 aromatic rings. The topological polar surface area (TPSA) is 54.1 Å². The van der Waals surface area contributed by atoms with E-state index in [4.69, 9.17) is 4.74 Å². The van der Waals surface area contributed by atoms with Gasteiger partial charge in [-0.05, 0) is 49.2 Å². The van der Waals surface area contributed by atoms with Crippen LogP contribution in [0.15, 0.2) is 47.3 Å². The van der Waals surface area contributed by atoms with Crippen molar-refractivity contribution in [3.8, 4) is 16.2 Å². The van der Waals surface area contributed by atoms with Crippen LogP contribution in [0.5, 0.6) is 5.75 Å². The van der Waals surface area contributed by atoms with Crippen molar-refractivity contribution in [2.24, 2.45) is 0 Å². The van der Waals surface area contributed by atoms with Gasteiger partial charge in [0.15, 0.2) is 0 Å². The molecule has 144 valence electrons. The Morgan fingerprint density at radius 2 is 1.85 bits per heavy atom. The molecule has 0 atom stereocenters. The number of methoxy groups -OCH3 is 1. The SMILES string of the molecule is CCc1cc(-c2ccc(CNCc3ccc(OC)cc3)s2)c(C)[nH]c1=O.Cl. The molecular formula is C21H25ClN2O2S. The number of hydrogen-bond donors (Lipinski definition) is 2. The maximum absolute atomic E-state index is 11.9. The monoisotopic (exact) mass is 404 g/mol. The zero-order chi connectivity index (χ0) is 18.5. The number of aryl methyl sites for hydroxylation is 2. The molecule has 2 aromatic heterocycles. The third-order valence-corrected chi connectivity index (χ3v) is 5.53. The highest BCUT2D eigenvalue weighted by molar-refractivity contribution is 7.15. The number of hydrogen-bond acceptors (Lipinski definition) is 4. The fourth-order valence-corrected chi connectivity index (χ4v) is 3.93. The standard InChI is InChI=1S/C21H24N2O2S.ClH/c1-4-16-11-19(14(2)23-21(16)24)20-10-9-18(26-20)13-22-12-15-5-7-17(25-3)8-6-15;/h5-11,22H,4,12-13H2,1-3H3,(H,23,24);1H. The second-order valence-electron chi connectivity index (χ2n) is 6.23. The van der Waals surface area contributed by atoms with Crippen molar-refractivity contribution in [1.82, 2.24) is 10.3 Å². The fourth-order valence-electron chi connectivity index (χ4n) is 2.88. The number of aromatic nitrogens is 1. The van der Waals surface area contributed by atoms with Crippen LogP contribution in [0.4, 0.5) is 0 Å². The molecule has 2 heterocycles. The molecule has 4 nitrogen and oxygen atoms in total. The Morgan fingerprint density at radius 3 is 2.52 bits per heavy atom. The van der Waals surface area contributed by atoms with Crippen LogP contribution in [0.1, 0.15) is 28.6 Å². The average molecular weight is 405 g/mol. The number of H-pyrrole nitrogens is 1. The number of rotatable bonds is 7. The van der Waals surface area contributed by atoms with Gasteiger partial charge in [-0.2, -0.15) is 0 Å². The number of aromatic amines is 1. The first-order valence-corrected chi connectivity index (χ1v) is 9.58. The molecule has 6 heteroatoms. The maximum Gasteiger partial charge on any atom is 0.251 e. The zero-order valence-electron chi connectivity index (χ0n) is 15.8. The van der Waals surface area contributed by atoms with Crippen molar-refractivity contribution in [2.45, 2.75) is 33.4 Å². The molecule has 3 rings (SSSR count). The van der Waals surface area contributed by atoms with Gasteiger partial charge < -0.3 is 15.0 Å². The second kappa shape index (κ2) is 9.74. The first-order chi connectivity index (χ1) is 12.6. The number of halogens is 1. The van der Waals surface area contributed by atoms with E-state index in [2.05, 4.69) is 34.6 Å². The Hall–Kier alpha value is -2.08. The first kappa shape index (κ1) is 21.2. The Kier molecular flexibility index (Phi) is 7.66. The summed E-state index contributed by atoms with van der Waals surface area (Å²) in [5.41, 5.74) is 4.12. The molecule has 0 saturated carbocycles. The van der Waals surface area contributed by atoms with Gasteiger partial charge in [-0.3, -0.25) is 4.79 Å². The minimum Gasteiger partial charge on any atom is -0.497 e. The number of ether oxygens (including phenoxy) is 1. The van der Waals surface area contributed by atoms with Crippen LogP contribution in [0, 0.1) is 6.92 Å². The summed E-state index contributed by atoms with van der Waals surface area (Å²) >= 11 is 1.76. The average Bonchev–Trinajstić information content (AvgIpc) is 3.11. The normalized spacial score (nSPS) is 10.5. The third kappa shape index (κ3) is 5.22. The summed E-state index contributed by atoms with van der Waals surface area (Å²) < 4.78 is 5.18. The highest BCUT2D eigenvalue weighted by atomic mass is 35.5. The van der Waals surface area contributed by atoms with Gasteiger partial charge in [0.1, 0.15) is 5.75 Å². The van der Waals surface area contributed by atoms with Crippen LogP contribution >= 0.6 is 23.7 Å². The van der Waals surface area contributed by atoms with Crippen molar-refractivity contribution in [2.75, 3.05) is 7.11 Å². The van der Waals surface area contributed by atoms with Crippen LogP contribution in [0.25, 0.3) is 10.4 Å². The lowest BCUT2D eigenvalue weighted by atomic mass is 10.1. The highest BCUT2D eigenvalue weighted by Gasteiger charge is 2.09. The van der Waals surface area contributed by atoms with Crippen molar-refractivity contribution >= 4 is 23.7 Å². The van der Waals surface area contributed by atoms with E-state index in [1.807, 2.05) is 32.0 Å². The van der Waals surface area contributed by atoms with E-state index in [0.717, 1.165) is 42.1 Å². The Labute approximate surface area is 170 Å². The lowest BCUT2D eigenvalue weighted by Crippen LogP contribution is -2.13. The minimum atomic E-state index is 0. The zero-order valence-corrected chi connectivity index (χ0v) is 17.4. The van der Waals surface area contributed by atoms with Gasteiger partial charge >= 0.3 is 0 Å². The molecule has 0 aliphatic carbocycles. The maximum atomic E-state index is 11.9. The van der Waals surface area contributed by atoms with Crippen LogP contribution < -0.4 is 15.6 Å². The molecule has 2 N–H and O–H groups in total. The van der Waals surface area contributed by atoms with E-state index in [1.54, 1.807) is 18.4 Å². The van der Waals surface area contributed by atoms with E-state index in [9.17, 15) is 4.79 Å². The summed E-state index contributed by atoms with van der Waals surface area (Å²) in [4.78, 5) is 17.3. The summed E-state index contributed by atoms with van der Waals surface area (Å²) in [7, 11) is 1.68. The lowest BCUT2D eigenvalue weighted by Gasteiger charge is -2.06. The van der Waals surface area contributed by atoms with E-state index < -0.39 is 0 Å². The number of benzene rings is 1. The van der Waals surface area contributed by atoms with Crippen LogP contribution in [-0.4, -0.2) is 12.1 Å². The first-order valence-electron chi connectivity index (χ1n) is 8.76. The van der Waals surface area contributed by atoms with Gasteiger partial charge in [0.2, 0.25) is 0 Å². The summed E-state index contributed by atoms with van der Waals surface area (Å²) in [5.74, 6) is 0.874. The van der Waals surface area contributed by atoms with Gasteiger partial charge in [-0.15, -0.1) is 23.7 Å². The van der Waals surface area contributed by atoms with E-state index in [-0.39, 0.29) is 18.0 Å². The van der Waals surface area contributed by atoms with E-state index in [0.29, 0.717) is 0 Å². The molecule has 0 unspecified atom stereocenters. The van der Waals surface area contributed by atoms with Gasteiger partial charge in [-0.25, -0.2) is 0 Å². The Morgan fingerprint density at radius 1 is 1.11 bits per heavy atom. The molecule has 0 saturated heterocycles. The molecular weight excluding hydrogens is 380 g/mol. The predicted molar refractivity (Wildman–Crippen MR) is 115 cm³/mol. The van der Waals surface area contributed by atoms with Gasteiger partial charge in [0.25, 0.3) is 5.56 Å². The van der Waals surface area contributed by atoms with Crippen LogP contribution in [0.3, 0.4) is 0 Å². The van der Waals surface area contributed by atoms with E-state index >= 15 is 0 Å².